The van der Waals surface area contributed by atoms with Crippen LogP contribution >= 0.6 is 22.9 Å². The van der Waals surface area contributed by atoms with E-state index in [9.17, 15) is 9.90 Å². The molecule has 1 N–H and O–H groups in total. The first kappa shape index (κ1) is 23.7. The highest BCUT2D eigenvalue weighted by Crippen LogP contribution is 2.47. The van der Waals surface area contributed by atoms with Crippen molar-refractivity contribution in [3.05, 3.63) is 21.9 Å². The second-order valence-electron chi connectivity index (χ2n) is 8.14. The Morgan fingerprint density at radius 3 is 2.75 bits per heavy atom. The van der Waals surface area contributed by atoms with Gasteiger partial charge in [0.15, 0.2) is 0 Å². The molecule has 0 amide bonds. The molecule has 3 nitrogen and oxygen atoms in total. The highest BCUT2D eigenvalue weighted by molar-refractivity contribution is 7.12. The monoisotopic (exact) mass is 428 g/mol. The Balaban J connectivity index is 1.79. The fourth-order valence-corrected chi connectivity index (χ4v) is 6.01. The van der Waals surface area contributed by atoms with Gasteiger partial charge in [0.2, 0.25) is 0 Å². The summed E-state index contributed by atoms with van der Waals surface area (Å²) in [6, 6.07) is 4.36. The first-order chi connectivity index (χ1) is 13.6. The molecule has 1 aliphatic carbocycles. The molecule has 0 radical (unpaired) electrons. The minimum Gasteiger partial charge on any atom is -0.469 e. The molecule has 1 aliphatic rings. The standard InChI is InChI=1S/C23H37ClO3S/c1-3-4-7-11-20(25)22-16-15-21(28-22)18-13-14-19(24)17(18)10-8-5-6-9-12-23(26)27-2/h15-20,25H,3-14H2,1-2H3. The molecule has 0 bridgehead atoms. The molecule has 1 fully saturated rings. The van der Waals surface area contributed by atoms with E-state index in [4.69, 9.17) is 11.6 Å². The Morgan fingerprint density at radius 1 is 1.21 bits per heavy atom. The maximum atomic E-state index is 11.2. The van der Waals surface area contributed by atoms with E-state index >= 15 is 0 Å². The van der Waals surface area contributed by atoms with Crippen LogP contribution in [0.15, 0.2) is 12.1 Å². The van der Waals surface area contributed by atoms with Crippen LogP contribution in [0.3, 0.4) is 0 Å². The number of hydrogen-bond acceptors (Lipinski definition) is 4. The van der Waals surface area contributed by atoms with Crippen molar-refractivity contribution >= 4 is 28.9 Å². The number of unbranched alkanes of at least 4 members (excludes halogenated alkanes) is 5. The number of ether oxygens (including phenoxy) is 1. The second kappa shape index (κ2) is 12.9. The van der Waals surface area contributed by atoms with Crippen LogP contribution in [0.25, 0.3) is 0 Å². The predicted molar refractivity (Wildman–Crippen MR) is 118 cm³/mol. The number of thiophene rings is 1. The highest BCUT2D eigenvalue weighted by atomic mass is 35.5. The summed E-state index contributed by atoms with van der Waals surface area (Å²) in [6.07, 6.45) is 12.3. The number of halogens is 1. The third-order valence-electron chi connectivity index (χ3n) is 6.05. The van der Waals surface area contributed by atoms with Crippen molar-refractivity contribution in [1.29, 1.82) is 0 Å². The van der Waals surface area contributed by atoms with Gasteiger partial charge in [-0.1, -0.05) is 45.4 Å². The number of aliphatic hydroxyl groups excluding tert-OH is 1. The zero-order valence-corrected chi connectivity index (χ0v) is 19.1. The van der Waals surface area contributed by atoms with Crippen molar-refractivity contribution in [1.82, 2.24) is 0 Å². The number of aliphatic hydroxyl groups is 1. The Hall–Kier alpha value is -0.580. The van der Waals surface area contributed by atoms with E-state index in [2.05, 4.69) is 23.8 Å². The molecule has 4 unspecified atom stereocenters. The van der Waals surface area contributed by atoms with Gasteiger partial charge >= 0.3 is 5.97 Å². The van der Waals surface area contributed by atoms with Gasteiger partial charge in [0.05, 0.1) is 13.2 Å². The van der Waals surface area contributed by atoms with E-state index in [1.807, 2.05) is 0 Å². The van der Waals surface area contributed by atoms with Crippen molar-refractivity contribution in [3.63, 3.8) is 0 Å². The molecule has 2 rings (SSSR count). The first-order valence-corrected chi connectivity index (χ1v) is 12.3. The van der Waals surface area contributed by atoms with Gasteiger partial charge in [-0.25, -0.2) is 0 Å². The van der Waals surface area contributed by atoms with Gasteiger partial charge in [0.25, 0.3) is 0 Å². The minimum absolute atomic E-state index is 0.109. The van der Waals surface area contributed by atoms with Gasteiger partial charge in [-0.2, -0.15) is 0 Å². The van der Waals surface area contributed by atoms with E-state index in [0.717, 1.165) is 56.2 Å². The minimum atomic E-state index is -0.313. The molecule has 1 aromatic rings. The summed E-state index contributed by atoms with van der Waals surface area (Å²) >= 11 is 8.47. The van der Waals surface area contributed by atoms with Crippen LogP contribution in [-0.4, -0.2) is 23.6 Å². The molecule has 0 aliphatic heterocycles. The molecule has 5 heteroatoms. The lowest BCUT2D eigenvalue weighted by atomic mass is 9.89. The zero-order valence-electron chi connectivity index (χ0n) is 17.5. The van der Waals surface area contributed by atoms with Gasteiger partial charge in [0, 0.05) is 21.6 Å². The Bertz CT molecular complexity index is 574. The lowest BCUT2D eigenvalue weighted by Crippen LogP contribution is -2.13. The van der Waals surface area contributed by atoms with Gasteiger partial charge in [-0.05, 0) is 56.1 Å². The van der Waals surface area contributed by atoms with E-state index in [1.54, 1.807) is 11.3 Å². The number of carbonyl (C=O) groups is 1. The van der Waals surface area contributed by atoms with Crippen LogP contribution in [0.1, 0.15) is 106 Å². The zero-order chi connectivity index (χ0) is 20.4. The topological polar surface area (TPSA) is 46.5 Å². The third kappa shape index (κ3) is 7.35. The Kier molecular flexibility index (Phi) is 10.9. The molecule has 1 saturated carbocycles. The van der Waals surface area contributed by atoms with Crippen molar-refractivity contribution in [3.8, 4) is 0 Å². The molecule has 1 heterocycles. The molecule has 1 aromatic heterocycles. The van der Waals surface area contributed by atoms with Gasteiger partial charge < -0.3 is 9.84 Å². The molecular formula is C23H37ClO3S. The summed E-state index contributed by atoms with van der Waals surface area (Å²) < 4.78 is 4.69. The number of hydrogen-bond donors (Lipinski definition) is 1. The molecule has 0 aromatic carbocycles. The Labute approximate surface area is 179 Å². The van der Waals surface area contributed by atoms with Crippen molar-refractivity contribution < 1.29 is 14.6 Å². The van der Waals surface area contributed by atoms with E-state index < -0.39 is 0 Å². The normalized spacial score (nSPS) is 23.1. The number of rotatable bonds is 13. The van der Waals surface area contributed by atoms with Crippen LogP contribution in [0.4, 0.5) is 0 Å². The van der Waals surface area contributed by atoms with Crippen LogP contribution in [0.2, 0.25) is 0 Å². The van der Waals surface area contributed by atoms with E-state index in [1.165, 1.54) is 31.2 Å². The predicted octanol–water partition coefficient (Wildman–Crippen LogP) is 6.98. The number of methoxy groups -OCH3 is 1. The van der Waals surface area contributed by atoms with Gasteiger partial charge in [-0.15, -0.1) is 22.9 Å². The maximum Gasteiger partial charge on any atom is 0.305 e. The first-order valence-electron chi connectivity index (χ1n) is 11.0. The SMILES string of the molecule is CCCCCC(O)c1ccc(C2CCC(Cl)C2CCCCCCC(=O)OC)s1. The number of esters is 1. The molecule has 160 valence electrons. The fourth-order valence-electron chi connectivity index (χ4n) is 4.34. The van der Waals surface area contributed by atoms with E-state index in [0.29, 0.717) is 18.3 Å². The number of carbonyl (C=O) groups excluding carboxylic acids is 1. The van der Waals surface area contributed by atoms with Crippen molar-refractivity contribution in [2.45, 2.75) is 101 Å². The summed E-state index contributed by atoms with van der Waals surface area (Å²) in [7, 11) is 1.45. The van der Waals surface area contributed by atoms with Crippen LogP contribution in [0.5, 0.6) is 0 Å². The number of alkyl halides is 1. The summed E-state index contributed by atoms with van der Waals surface area (Å²) in [5, 5.41) is 10.7. The lowest BCUT2D eigenvalue weighted by Gasteiger charge is -2.21. The maximum absolute atomic E-state index is 11.2. The molecule has 4 atom stereocenters. The summed E-state index contributed by atoms with van der Waals surface area (Å²) in [5.41, 5.74) is 0. The molecule has 0 saturated heterocycles. The lowest BCUT2D eigenvalue weighted by molar-refractivity contribution is -0.140. The molecular weight excluding hydrogens is 392 g/mol. The average Bonchev–Trinajstić information content (AvgIpc) is 3.31. The van der Waals surface area contributed by atoms with Gasteiger partial charge in [-0.3, -0.25) is 4.79 Å². The quantitative estimate of drug-likeness (QED) is 0.209. The van der Waals surface area contributed by atoms with Crippen LogP contribution in [-0.2, 0) is 9.53 Å². The second-order valence-corrected chi connectivity index (χ2v) is 9.85. The van der Waals surface area contributed by atoms with Crippen LogP contribution in [0, 0.1) is 5.92 Å². The highest BCUT2D eigenvalue weighted by Gasteiger charge is 2.36. The van der Waals surface area contributed by atoms with Crippen molar-refractivity contribution in [2.24, 2.45) is 5.92 Å². The third-order valence-corrected chi connectivity index (χ3v) is 7.91. The largest absolute Gasteiger partial charge is 0.469 e. The fraction of sp³-hybridized carbons (Fsp3) is 0.783. The van der Waals surface area contributed by atoms with Crippen molar-refractivity contribution in [2.75, 3.05) is 7.11 Å². The summed E-state index contributed by atoms with van der Waals surface area (Å²) in [4.78, 5) is 13.7. The molecule has 0 spiro atoms. The van der Waals surface area contributed by atoms with Crippen LogP contribution < -0.4 is 0 Å². The summed E-state index contributed by atoms with van der Waals surface area (Å²) in [6.45, 7) is 2.19. The molecule has 28 heavy (non-hydrogen) atoms. The average molecular weight is 429 g/mol. The van der Waals surface area contributed by atoms with Gasteiger partial charge in [0.1, 0.15) is 0 Å². The summed E-state index contributed by atoms with van der Waals surface area (Å²) in [5.74, 6) is 0.965. The smallest absolute Gasteiger partial charge is 0.305 e. The Morgan fingerprint density at radius 2 is 2.00 bits per heavy atom. The van der Waals surface area contributed by atoms with E-state index in [-0.39, 0.29) is 17.5 Å².